The molecule has 2 N–H and O–H groups in total. The maximum absolute atomic E-state index is 11.6. The molecule has 0 aromatic heterocycles. The largest absolute Gasteiger partial charge is 0.384 e. The first-order chi connectivity index (χ1) is 9.02. The van der Waals surface area contributed by atoms with Crippen LogP contribution in [0.5, 0.6) is 0 Å². The molecule has 1 aliphatic carbocycles. The SMILES string of the molecule is COCC1CC1c1cccc2c1C(N)=NS(=O)(=O)C2. The molecule has 1 aromatic carbocycles. The van der Waals surface area contributed by atoms with Crippen molar-refractivity contribution in [3.63, 3.8) is 0 Å². The van der Waals surface area contributed by atoms with Gasteiger partial charge in [0.25, 0.3) is 10.0 Å². The molecule has 1 heterocycles. The van der Waals surface area contributed by atoms with Crippen molar-refractivity contribution < 1.29 is 13.2 Å². The molecular formula is C13H16N2O3S. The number of rotatable bonds is 3. The Bertz CT molecular complexity index is 652. The lowest BCUT2D eigenvalue weighted by Gasteiger charge is -2.17. The van der Waals surface area contributed by atoms with Gasteiger partial charge in [-0.05, 0) is 29.4 Å². The maximum atomic E-state index is 11.6. The molecule has 3 rings (SSSR count). The number of fused-ring (bicyclic) bond motifs is 1. The normalized spacial score (nSPS) is 27.5. The van der Waals surface area contributed by atoms with Crippen LogP contribution >= 0.6 is 0 Å². The average Bonchev–Trinajstić information content (AvgIpc) is 3.06. The molecule has 1 fully saturated rings. The Morgan fingerprint density at radius 2 is 2.26 bits per heavy atom. The Morgan fingerprint density at radius 3 is 3.00 bits per heavy atom. The van der Waals surface area contributed by atoms with Gasteiger partial charge in [-0.1, -0.05) is 18.2 Å². The van der Waals surface area contributed by atoms with E-state index in [4.69, 9.17) is 10.5 Å². The van der Waals surface area contributed by atoms with Gasteiger partial charge in [0.2, 0.25) is 0 Å². The second-order valence-electron chi connectivity index (χ2n) is 5.14. The van der Waals surface area contributed by atoms with Crippen LogP contribution in [0.3, 0.4) is 0 Å². The van der Waals surface area contributed by atoms with Crippen LogP contribution in [-0.4, -0.2) is 28.0 Å². The topological polar surface area (TPSA) is 81.8 Å². The molecule has 1 aliphatic heterocycles. The number of benzene rings is 1. The maximum Gasteiger partial charge on any atom is 0.259 e. The first kappa shape index (κ1) is 12.6. The fraction of sp³-hybridized carbons (Fsp3) is 0.462. The number of sulfonamides is 1. The summed E-state index contributed by atoms with van der Waals surface area (Å²) in [6, 6.07) is 5.72. The van der Waals surface area contributed by atoms with E-state index in [0.29, 0.717) is 11.8 Å². The van der Waals surface area contributed by atoms with Gasteiger partial charge >= 0.3 is 0 Å². The molecule has 19 heavy (non-hydrogen) atoms. The molecule has 5 nitrogen and oxygen atoms in total. The van der Waals surface area contributed by atoms with Crippen LogP contribution in [0.4, 0.5) is 0 Å². The molecule has 0 radical (unpaired) electrons. The van der Waals surface area contributed by atoms with Crippen LogP contribution in [0.25, 0.3) is 0 Å². The third-order valence-electron chi connectivity index (χ3n) is 3.72. The molecule has 0 spiro atoms. The summed E-state index contributed by atoms with van der Waals surface area (Å²) < 4.78 is 32.0. The number of nitrogens with two attached hydrogens (primary N) is 1. The standard InChI is InChI=1S/C13H16N2O3S/c1-18-6-9-5-11(9)10-4-2-3-8-7-19(16,17)15-13(14)12(8)10/h2-4,9,11H,5-7H2,1H3,(H2,14,15). The van der Waals surface area contributed by atoms with Crippen molar-refractivity contribution in [3.05, 3.63) is 34.9 Å². The van der Waals surface area contributed by atoms with Crippen molar-refractivity contribution >= 4 is 15.9 Å². The second-order valence-corrected chi connectivity index (χ2v) is 6.78. The number of ether oxygens (including phenoxy) is 1. The molecule has 2 atom stereocenters. The van der Waals surface area contributed by atoms with Crippen LogP contribution < -0.4 is 5.73 Å². The molecule has 6 heteroatoms. The average molecular weight is 280 g/mol. The highest BCUT2D eigenvalue weighted by Gasteiger charge is 2.41. The van der Waals surface area contributed by atoms with Gasteiger partial charge < -0.3 is 10.5 Å². The highest BCUT2D eigenvalue weighted by atomic mass is 32.2. The lowest BCUT2D eigenvalue weighted by molar-refractivity contribution is 0.184. The molecule has 2 aliphatic rings. The predicted molar refractivity (Wildman–Crippen MR) is 72.5 cm³/mol. The Labute approximate surface area is 112 Å². The first-order valence-corrected chi connectivity index (χ1v) is 7.82. The molecule has 1 saturated carbocycles. The van der Waals surface area contributed by atoms with E-state index < -0.39 is 10.0 Å². The summed E-state index contributed by atoms with van der Waals surface area (Å²) in [6.45, 7) is 0.726. The highest BCUT2D eigenvalue weighted by Crippen LogP contribution is 2.49. The van der Waals surface area contributed by atoms with Crippen LogP contribution in [0.15, 0.2) is 22.6 Å². The Balaban J connectivity index is 2.02. The van der Waals surface area contributed by atoms with Crippen molar-refractivity contribution in [1.82, 2.24) is 0 Å². The minimum Gasteiger partial charge on any atom is -0.384 e. The molecule has 2 unspecified atom stereocenters. The van der Waals surface area contributed by atoms with E-state index in [2.05, 4.69) is 4.40 Å². The summed E-state index contributed by atoms with van der Waals surface area (Å²) in [6.07, 6.45) is 1.06. The van der Waals surface area contributed by atoms with Gasteiger partial charge in [0, 0.05) is 19.3 Å². The summed E-state index contributed by atoms with van der Waals surface area (Å²) in [5, 5.41) is 0. The van der Waals surface area contributed by atoms with E-state index in [1.54, 1.807) is 7.11 Å². The second kappa shape index (κ2) is 4.31. The van der Waals surface area contributed by atoms with E-state index in [9.17, 15) is 8.42 Å². The predicted octanol–water partition coefficient (Wildman–Crippen LogP) is 0.985. The van der Waals surface area contributed by atoms with E-state index in [-0.39, 0.29) is 11.6 Å². The van der Waals surface area contributed by atoms with Crippen molar-refractivity contribution in [2.45, 2.75) is 18.1 Å². The van der Waals surface area contributed by atoms with Crippen molar-refractivity contribution in [2.24, 2.45) is 16.0 Å². The number of hydrogen-bond donors (Lipinski definition) is 1. The summed E-state index contributed by atoms with van der Waals surface area (Å²) in [5.74, 6) is 0.977. The van der Waals surface area contributed by atoms with Gasteiger partial charge in [-0.25, -0.2) is 8.42 Å². The van der Waals surface area contributed by atoms with E-state index in [0.717, 1.165) is 29.7 Å². The van der Waals surface area contributed by atoms with Gasteiger partial charge in [0.15, 0.2) is 0 Å². The van der Waals surface area contributed by atoms with Gasteiger partial charge in [0.1, 0.15) is 5.84 Å². The lowest BCUT2D eigenvalue weighted by atomic mass is 9.96. The molecule has 0 amide bonds. The summed E-state index contributed by atoms with van der Waals surface area (Å²) >= 11 is 0. The van der Waals surface area contributed by atoms with Crippen LogP contribution in [0.2, 0.25) is 0 Å². The zero-order chi connectivity index (χ0) is 13.6. The minimum atomic E-state index is -3.45. The fourth-order valence-electron chi connectivity index (χ4n) is 2.81. The Hall–Kier alpha value is -1.40. The van der Waals surface area contributed by atoms with E-state index in [1.807, 2.05) is 18.2 Å². The quantitative estimate of drug-likeness (QED) is 0.895. The zero-order valence-corrected chi connectivity index (χ0v) is 11.5. The summed E-state index contributed by atoms with van der Waals surface area (Å²) in [7, 11) is -1.76. The lowest BCUT2D eigenvalue weighted by Crippen LogP contribution is -2.25. The molecule has 1 aromatic rings. The molecule has 0 bridgehead atoms. The smallest absolute Gasteiger partial charge is 0.259 e. The Kier molecular flexibility index (Phi) is 2.87. The van der Waals surface area contributed by atoms with Gasteiger partial charge in [-0.2, -0.15) is 0 Å². The summed E-state index contributed by atoms with van der Waals surface area (Å²) in [5.41, 5.74) is 8.53. The summed E-state index contributed by atoms with van der Waals surface area (Å²) in [4.78, 5) is 0. The third kappa shape index (κ3) is 2.26. The van der Waals surface area contributed by atoms with E-state index in [1.165, 1.54) is 0 Å². The van der Waals surface area contributed by atoms with Crippen molar-refractivity contribution in [3.8, 4) is 0 Å². The first-order valence-electron chi connectivity index (χ1n) is 6.21. The number of hydrogen-bond acceptors (Lipinski definition) is 4. The minimum absolute atomic E-state index is 0.0570. The van der Waals surface area contributed by atoms with Crippen LogP contribution in [0.1, 0.15) is 29.0 Å². The monoisotopic (exact) mass is 280 g/mol. The number of nitrogens with zero attached hydrogens (tertiary/aromatic N) is 1. The van der Waals surface area contributed by atoms with Gasteiger partial charge in [-0.3, -0.25) is 0 Å². The molecular weight excluding hydrogens is 264 g/mol. The van der Waals surface area contributed by atoms with Crippen molar-refractivity contribution in [1.29, 1.82) is 0 Å². The fourth-order valence-corrected chi connectivity index (χ4v) is 3.90. The number of methoxy groups -OCH3 is 1. The number of amidine groups is 1. The molecule has 0 saturated heterocycles. The zero-order valence-electron chi connectivity index (χ0n) is 10.7. The third-order valence-corrected chi connectivity index (χ3v) is 4.87. The van der Waals surface area contributed by atoms with Crippen molar-refractivity contribution in [2.75, 3.05) is 13.7 Å². The molecule has 102 valence electrons. The Morgan fingerprint density at radius 1 is 1.47 bits per heavy atom. The van der Waals surface area contributed by atoms with Crippen LogP contribution in [-0.2, 0) is 20.5 Å². The van der Waals surface area contributed by atoms with E-state index >= 15 is 0 Å². The van der Waals surface area contributed by atoms with Crippen LogP contribution in [0, 0.1) is 5.92 Å². The highest BCUT2D eigenvalue weighted by molar-refractivity contribution is 7.89. The van der Waals surface area contributed by atoms with Gasteiger partial charge in [0.05, 0.1) is 5.75 Å². The van der Waals surface area contributed by atoms with Gasteiger partial charge in [-0.15, -0.1) is 4.40 Å².